The van der Waals surface area contributed by atoms with Gasteiger partial charge in [0.1, 0.15) is 0 Å². The van der Waals surface area contributed by atoms with E-state index in [0.29, 0.717) is 6.04 Å². The number of halogens is 1. The van der Waals surface area contributed by atoms with Gasteiger partial charge < -0.3 is 10.2 Å². The molecule has 18 heavy (non-hydrogen) atoms. The van der Waals surface area contributed by atoms with Gasteiger partial charge in [0.05, 0.1) is 3.79 Å². The van der Waals surface area contributed by atoms with Crippen LogP contribution in [0.25, 0.3) is 0 Å². The van der Waals surface area contributed by atoms with E-state index in [1.54, 1.807) is 0 Å². The molecule has 0 spiro atoms. The summed E-state index contributed by atoms with van der Waals surface area (Å²) in [4.78, 5) is 4.04. The molecule has 0 radical (unpaired) electrons. The molecule has 102 valence electrons. The third kappa shape index (κ3) is 4.65. The minimum absolute atomic E-state index is 0.702. The number of nitrogens with one attached hydrogen (secondary N) is 1. The highest BCUT2D eigenvalue weighted by atomic mass is 79.9. The molecule has 0 aromatic carbocycles. The van der Waals surface area contributed by atoms with E-state index >= 15 is 0 Å². The van der Waals surface area contributed by atoms with E-state index < -0.39 is 0 Å². The summed E-state index contributed by atoms with van der Waals surface area (Å²) in [6, 6.07) is 5.05. The monoisotopic (exact) mass is 330 g/mol. The maximum absolute atomic E-state index is 3.72. The SMILES string of the molecule is CCCN1CCCC(NCc2ccc(Br)s2)CC1. The molecule has 2 heterocycles. The van der Waals surface area contributed by atoms with Gasteiger partial charge in [0.25, 0.3) is 0 Å². The Bertz CT molecular complexity index is 353. The van der Waals surface area contributed by atoms with Crippen molar-refractivity contribution in [3.63, 3.8) is 0 Å². The Kier molecular flexibility index (Phi) is 6.15. The summed E-state index contributed by atoms with van der Waals surface area (Å²) in [5.41, 5.74) is 0. The van der Waals surface area contributed by atoms with Crippen LogP contribution in [0.5, 0.6) is 0 Å². The molecular formula is C14H23BrN2S. The molecule has 0 saturated carbocycles. The van der Waals surface area contributed by atoms with Gasteiger partial charge in [-0.25, -0.2) is 0 Å². The predicted molar refractivity (Wildman–Crippen MR) is 83.2 cm³/mol. The van der Waals surface area contributed by atoms with Crippen molar-refractivity contribution in [2.45, 2.75) is 45.2 Å². The molecule has 2 rings (SSSR count). The second-order valence-corrected chi connectivity index (χ2v) is 7.60. The van der Waals surface area contributed by atoms with Crippen LogP contribution in [0.2, 0.25) is 0 Å². The van der Waals surface area contributed by atoms with Gasteiger partial charge in [-0.3, -0.25) is 0 Å². The summed E-state index contributed by atoms with van der Waals surface area (Å²) in [5.74, 6) is 0. The van der Waals surface area contributed by atoms with Gasteiger partial charge in [0, 0.05) is 17.5 Å². The van der Waals surface area contributed by atoms with Gasteiger partial charge in [0.15, 0.2) is 0 Å². The average Bonchev–Trinajstić information content (AvgIpc) is 2.64. The summed E-state index contributed by atoms with van der Waals surface area (Å²) in [6.07, 6.45) is 5.24. The Balaban J connectivity index is 1.73. The largest absolute Gasteiger partial charge is 0.309 e. The zero-order chi connectivity index (χ0) is 12.8. The van der Waals surface area contributed by atoms with E-state index in [1.165, 1.54) is 54.0 Å². The van der Waals surface area contributed by atoms with E-state index in [2.05, 4.69) is 45.2 Å². The topological polar surface area (TPSA) is 15.3 Å². The normalized spacial score (nSPS) is 22.0. The van der Waals surface area contributed by atoms with Crippen LogP contribution in [-0.2, 0) is 6.54 Å². The van der Waals surface area contributed by atoms with E-state index in [0.717, 1.165) is 6.54 Å². The Hall–Kier alpha value is 0.1000. The number of nitrogens with zero attached hydrogens (tertiary/aromatic N) is 1. The van der Waals surface area contributed by atoms with Crippen LogP contribution in [0.15, 0.2) is 15.9 Å². The zero-order valence-corrected chi connectivity index (χ0v) is 13.5. The zero-order valence-electron chi connectivity index (χ0n) is 11.1. The molecule has 0 bridgehead atoms. The molecule has 1 unspecified atom stereocenters. The highest BCUT2D eigenvalue weighted by Gasteiger charge is 2.15. The van der Waals surface area contributed by atoms with Crippen LogP contribution in [0, 0.1) is 0 Å². The molecule has 1 aliphatic heterocycles. The Morgan fingerprint density at radius 2 is 2.28 bits per heavy atom. The minimum Gasteiger partial charge on any atom is -0.309 e. The molecule has 1 aliphatic rings. The van der Waals surface area contributed by atoms with Crippen molar-refractivity contribution in [3.8, 4) is 0 Å². The molecule has 1 saturated heterocycles. The molecule has 0 aliphatic carbocycles. The lowest BCUT2D eigenvalue weighted by atomic mass is 10.1. The maximum Gasteiger partial charge on any atom is 0.0701 e. The number of hydrogen-bond acceptors (Lipinski definition) is 3. The van der Waals surface area contributed by atoms with Crippen molar-refractivity contribution >= 4 is 27.3 Å². The van der Waals surface area contributed by atoms with Crippen molar-refractivity contribution in [3.05, 3.63) is 20.8 Å². The number of rotatable bonds is 5. The predicted octanol–water partition coefficient (Wildman–Crippen LogP) is 3.86. The van der Waals surface area contributed by atoms with Gasteiger partial charge in [-0.1, -0.05) is 6.92 Å². The first-order chi connectivity index (χ1) is 8.78. The fourth-order valence-corrected chi connectivity index (χ4v) is 4.03. The summed E-state index contributed by atoms with van der Waals surface area (Å²) in [5, 5.41) is 3.72. The van der Waals surface area contributed by atoms with Gasteiger partial charge in [-0.05, 0) is 73.4 Å². The van der Waals surface area contributed by atoms with Crippen molar-refractivity contribution in [1.82, 2.24) is 10.2 Å². The van der Waals surface area contributed by atoms with Crippen LogP contribution >= 0.6 is 27.3 Å². The first-order valence-electron chi connectivity index (χ1n) is 6.98. The third-order valence-electron chi connectivity index (χ3n) is 3.55. The summed E-state index contributed by atoms with van der Waals surface area (Å²) in [7, 11) is 0. The first kappa shape index (κ1) is 14.5. The average molecular weight is 331 g/mol. The molecule has 4 heteroatoms. The van der Waals surface area contributed by atoms with Gasteiger partial charge >= 0.3 is 0 Å². The Morgan fingerprint density at radius 1 is 1.39 bits per heavy atom. The fourth-order valence-electron chi connectivity index (χ4n) is 2.59. The standard InChI is InChI=1S/C14H23BrN2S/c1-2-8-17-9-3-4-12(7-10-17)16-11-13-5-6-14(15)18-13/h5-6,12,16H,2-4,7-11H2,1H3. The van der Waals surface area contributed by atoms with E-state index in [-0.39, 0.29) is 0 Å². The lowest BCUT2D eigenvalue weighted by Crippen LogP contribution is -2.30. The van der Waals surface area contributed by atoms with E-state index in [1.807, 2.05) is 11.3 Å². The molecule has 2 nitrogen and oxygen atoms in total. The van der Waals surface area contributed by atoms with Crippen LogP contribution in [0.4, 0.5) is 0 Å². The van der Waals surface area contributed by atoms with Crippen molar-refractivity contribution < 1.29 is 0 Å². The molecule has 1 fully saturated rings. The molecule has 1 aromatic heterocycles. The van der Waals surface area contributed by atoms with Crippen LogP contribution in [0.3, 0.4) is 0 Å². The van der Waals surface area contributed by atoms with Crippen molar-refractivity contribution in [2.24, 2.45) is 0 Å². The van der Waals surface area contributed by atoms with E-state index in [9.17, 15) is 0 Å². The fraction of sp³-hybridized carbons (Fsp3) is 0.714. The highest BCUT2D eigenvalue weighted by molar-refractivity contribution is 9.11. The van der Waals surface area contributed by atoms with Gasteiger partial charge in [0.2, 0.25) is 0 Å². The summed E-state index contributed by atoms with van der Waals surface area (Å²) in [6.45, 7) is 7.12. The third-order valence-corrected chi connectivity index (χ3v) is 5.18. The molecule has 1 atom stereocenters. The smallest absolute Gasteiger partial charge is 0.0701 e. The number of thiophene rings is 1. The van der Waals surface area contributed by atoms with Crippen molar-refractivity contribution in [2.75, 3.05) is 19.6 Å². The summed E-state index contributed by atoms with van der Waals surface area (Å²) < 4.78 is 1.23. The lowest BCUT2D eigenvalue weighted by Gasteiger charge is -2.19. The second kappa shape index (κ2) is 7.63. The number of hydrogen-bond donors (Lipinski definition) is 1. The second-order valence-electron chi connectivity index (χ2n) is 5.06. The number of likely N-dealkylation sites (tertiary alicyclic amines) is 1. The molecular weight excluding hydrogens is 308 g/mol. The van der Waals surface area contributed by atoms with Gasteiger partial charge in [-0.15, -0.1) is 11.3 Å². The maximum atomic E-state index is 3.72. The van der Waals surface area contributed by atoms with Crippen molar-refractivity contribution in [1.29, 1.82) is 0 Å². The Morgan fingerprint density at radius 3 is 3.00 bits per heavy atom. The Labute approximate surface area is 123 Å². The lowest BCUT2D eigenvalue weighted by molar-refractivity contribution is 0.282. The quantitative estimate of drug-likeness (QED) is 0.881. The molecule has 1 aromatic rings. The van der Waals surface area contributed by atoms with E-state index in [4.69, 9.17) is 0 Å². The van der Waals surface area contributed by atoms with Gasteiger partial charge in [-0.2, -0.15) is 0 Å². The summed E-state index contributed by atoms with van der Waals surface area (Å²) >= 11 is 5.35. The van der Waals surface area contributed by atoms with Crippen LogP contribution < -0.4 is 5.32 Å². The minimum atomic E-state index is 0.702. The van der Waals surface area contributed by atoms with Crippen LogP contribution in [0.1, 0.15) is 37.5 Å². The first-order valence-corrected chi connectivity index (χ1v) is 8.59. The molecule has 0 amide bonds. The highest BCUT2D eigenvalue weighted by Crippen LogP contribution is 2.22. The van der Waals surface area contributed by atoms with Crippen LogP contribution in [-0.4, -0.2) is 30.6 Å². The molecule has 1 N–H and O–H groups in total.